The second kappa shape index (κ2) is 7.55. The molecular formula is C19H17F3N6. The molecule has 0 aliphatic carbocycles. The molecule has 2 aromatic heterocycles. The molecule has 0 saturated carbocycles. The van der Waals surface area contributed by atoms with Gasteiger partial charge in [-0.1, -0.05) is 6.07 Å². The van der Waals surface area contributed by atoms with Gasteiger partial charge in [0.15, 0.2) is 0 Å². The van der Waals surface area contributed by atoms with Crippen LogP contribution in [0.5, 0.6) is 0 Å². The van der Waals surface area contributed by atoms with Crippen LogP contribution in [0.25, 0.3) is 5.57 Å². The predicted octanol–water partition coefficient (Wildman–Crippen LogP) is 3.95. The number of rotatable bonds is 4. The van der Waals surface area contributed by atoms with E-state index >= 15 is 0 Å². The Bertz CT molecular complexity index is 994. The molecule has 0 amide bonds. The number of allylic oxidation sites excluding steroid dienone is 1. The Kier molecular flexibility index (Phi) is 5.16. The number of nitrogens with zero attached hydrogens (tertiary/aromatic N) is 3. The maximum absolute atomic E-state index is 12.7. The molecule has 3 rings (SSSR count). The van der Waals surface area contributed by atoms with Crippen LogP contribution < -0.4 is 16.8 Å². The predicted molar refractivity (Wildman–Crippen MR) is 101 cm³/mol. The molecule has 28 heavy (non-hydrogen) atoms. The zero-order chi connectivity index (χ0) is 20.3. The first-order chi connectivity index (χ1) is 13.2. The first kappa shape index (κ1) is 19.2. The first-order valence-electron chi connectivity index (χ1n) is 8.21. The molecule has 0 bridgehead atoms. The normalized spacial score (nSPS) is 12.4. The number of alkyl halides is 3. The summed E-state index contributed by atoms with van der Waals surface area (Å²) in [6.07, 6.45) is -2.77. The summed E-state index contributed by atoms with van der Waals surface area (Å²) >= 11 is 0. The van der Waals surface area contributed by atoms with Crippen molar-refractivity contribution in [3.8, 4) is 0 Å². The number of halogens is 3. The third kappa shape index (κ3) is 4.37. The lowest BCUT2D eigenvalue weighted by Crippen LogP contribution is -2.08. The number of hydrogen-bond acceptors (Lipinski definition) is 6. The smallest absolute Gasteiger partial charge is 0.402 e. The summed E-state index contributed by atoms with van der Waals surface area (Å²) in [4.78, 5) is 12.8. The van der Waals surface area contributed by atoms with Crippen molar-refractivity contribution in [1.82, 2.24) is 15.0 Å². The standard InChI is InChI=1S/C19H17F3N6/c1-11(23)17(14-4-2-3-9-25-14)15-10-16(24)28-18(27-15)26-13-7-5-12(6-8-13)19(20,21)22/h2-10H,23H2,1H3,(H3,24,26,27,28). The number of hydrogen-bond donors (Lipinski definition) is 3. The number of nitrogens with one attached hydrogen (secondary N) is 1. The highest BCUT2D eigenvalue weighted by Gasteiger charge is 2.29. The molecule has 5 N–H and O–H groups in total. The van der Waals surface area contributed by atoms with E-state index in [4.69, 9.17) is 11.5 Å². The van der Waals surface area contributed by atoms with Crippen LogP contribution in [0.3, 0.4) is 0 Å². The third-order valence-corrected chi connectivity index (χ3v) is 3.79. The average Bonchev–Trinajstić information content (AvgIpc) is 2.62. The number of nitrogens with two attached hydrogens (primary N) is 2. The van der Waals surface area contributed by atoms with Crippen molar-refractivity contribution < 1.29 is 13.2 Å². The number of anilines is 3. The quantitative estimate of drug-likeness (QED) is 0.627. The van der Waals surface area contributed by atoms with Gasteiger partial charge in [-0.3, -0.25) is 4.98 Å². The SMILES string of the molecule is CC(N)=C(c1ccccn1)c1cc(N)nc(Nc2ccc(C(F)(F)F)cc2)n1. The van der Waals surface area contributed by atoms with E-state index in [1.165, 1.54) is 12.1 Å². The van der Waals surface area contributed by atoms with E-state index in [0.29, 0.717) is 28.3 Å². The highest BCUT2D eigenvalue weighted by atomic mass is 19.4. The molecule has 6 nitrogen and oxygen atoms in total. The Morgan fingerprint density at radius 3 is 2.29 bits per heavy atom. The monoisotopic (exact) mass is 386 g/mol. The van der Waals surface area contributed by atoms with Crippen LogP contribution in [-0.2, 0) is 6.18 Å². The van der Waals surface area contributed by atoms with Gasteiger partial charge in [-0.25, -0.2) is 4.98 Å². The van der Waals surface area contributed by atoms with Crippen LogP contribution in [-0.4, -0.2) is 15.0 Å². The Labute approximate surface area is 159 Å². The summed E-state index contributed by atoms with van der Waals surface area (Å²) in [7, 11) is 0. The first-order valence-corrected chi connectivity index (χ1v) is 8.21. The molecule has 0 unspecified atom stereocenters. The Morgan fingerprint density at radius 2 is 1.71 bits per heavy atom. The molecule has 144 valence electrons. The fraction of sp³-hybridized carbons (Fsp3) is 0.105. The number of pyridine rings is 1. The molecule has 0 saturated heterocycles. The average molecular weight is 386 g/mol. The zero-order valence-electron chi connectivity index (χ0n) is 14.8. The molecule has 0 spiro atoms. The van der Waals surface area contributed by atoms with Gasteiger partial charge < -0.3 is 16.8 Å². The molecule has 0 fully saturated rings. The van der Waals surface area contributed by atoms with Gasteiger partial charge in [0.2, 0.25) is 5.95 Å². The molecule has 0 atom stereocenters. The number of nitrogen functional groups attached to an aromatic ring is 1. The van der Waals surface area contributed by atoms with Crippen molar-refractivity contribution >= 4 is 23.0 Å². The van der Waals surface area contributed by atoms with E-state index in [9.17, 15) is 13.2 Å². The van der Waals surface area contributed by atoms with Gasteiger partial charge in [0, 0.05) is 29.2 Å². The highest BCUT2D eigenvalue weighted by molar-refractivity contribution is 5.79. The Morgan fingerprint density at radius 1 is 1.00 bits per heavy atom. The van der Waals surface area contributed by atoms with Crippen molar-refractivity contribution in [2.24, 2.45) is 5.73 Å². The molecular weight excluding hydrogens is 369 g/mol. The van der Waals surface area contributed by atoms with E-state index in [0.717, 1.165) is 12.1 Å². The summed E-state index contributed by atoms with van der Waals surface area (Å²) in [5, 5.41) is 2.86. The van der Waals surface area contributed by atoms with Crippen molar-refractivity contribution in [3.05, 3.63) is 77.4 Å². The highest BCUT2D eigenvalue weighted by Crippen LogP contribution is 2.30. The van der Waals surface area contributed by atoms with Gasteiger partial charge in [-0.05, 0) is 43.3 Å². The molecule has 0 aliphatic rings. The van der Waals surface area contributed by atoms with Crippen molar-refractivity contribution in [3.63, 3.8) is 0 Å². The topological polar surface area (TPSA) is 103 Å². The van der Waals surface area contributed by atoms with Crippen LogP contribution >= 0.6 is 0 Å². The minimum absolute atomic E-state index is 0.129. The van der Waals surface area contributed by atoms with Crippen molar-refractivity contribution in [2.45, 2.75) is 13.1 Å². The second-order valence-corrected chi connectivity index (χ2v) is 5.97. The zero-order valence-corrected chi connectivity index (χ0v) is 14.8. The molecule has 0 aliphatic heterocycles. The van der Waals surface area contributed by atoms with Gasteiger partial charge in [0.05, 0.1) is 17.0 Å². The van der Waals surface area contributed by atoms with Crippen molar-refractivity contribution in [1.29, 1.82) is 0 Å². The minimum Gasteiger partial charge on any atom is -0.402 e. The largest absolute Gasteiger partial charge is 0.416 e. The second-order valence-electron chi connectivity index (χ2n) is 5.97. The summed E-state index contributed by atoms with van der Waals surface area (Å²) in [6.45, 7) is 1.71. The van der Waals surface area contributed by atoms with Crippen LogP contribution in [0.1, 0.15) is 23.9 Å². The lowest BCUT2D eigenvalue weighted by Gasteiger charge is -2.12. The van der Waals surface area contributed by atoms with Gasteiger partial charge in [-0.2, -0.15) is 18.2 Å². The van der Waals surface area contributed by atoms with Gasteiger partial charge in [0.25, 0.3) is 0 Å². The van der Waals surface area contributed by atoms with Crippen LogP contribution in [0, 0.1) is 0 Å². The van der Waals surface area contributed by atoms with Gasteiger partial charge in [-0.15, -0.1) is 0 Å². The molecule has 2 heterocycles. The number of aromatic nitrogens is 3. The summed E-state index contributed by atoms with van der Waals surface area (Å²) < 4.78 is 38.1. The Balaban J connectivity index is 1.95. The lowest BCUT2D eigenvalue weighted by atomic mass is 10.1. The van der Waals surface area contributed by atoms with Gasteiger partial charge >= 0.3 is 6.18 Å². The van der Waals surface area contributed by atoms with Crippen molar-refractivity contribution in [2.75, 3.05) is 11.1 Å². The summed E-state index contributed by atoms with van der Waals surface area (Å²) in [6, 6.07) is 11.5. The van der Waals surface area contributed by atoms with Gasteiger partial charge in [0.1, 0.15) is 5.82 Å². The molecule has 0 radical (unpaired) electrons. The maximum atomic E-state index is 12.7. The van der Waals surface area contributed by atoms with E-state index in [1.807, 2.05) is 6.07 Å². The third-order valence-electron chi connectivity index (χ3n) is 3.79. The fourth-order valence-corrected chi connectivity index (χ4v) is 2.57. The molecule has 3 aromatic rings. The van der Waals surface area contributed by atoms with E-state index < -0.39 is 11.7 Å². The number of benzene rings is 1. The van der Waals surface area contributed by atoms with E-state index in [1.54, 1.807) is 31.3 Å². The molecule has 9 heteroatoms. The lowest BCUT2D eigenvalue weighted by molar-refractivity contribution is -0.137. The van der Waals surface area contributed by atoms with E-state index in [-0.39, 0.29) is 11.8 Å². The summed E-state index contributed by atoms with van der Waals surface area (Å²) in [5.74, 6) is 0.304. The Hall–Kier alpha value is -3.62. The fourth-order valence-electron chi connectivity index (χ4n) is 2.57. The molecule has 1 aromatic carbocycles. The van der Waals surface area contributed by atoms with Crippen LogP contribution in [0.4, 0.5) is 30.6 Å². The van der Waals surface area contributed by atoms with E-state index in [2.05, 4.69) is 20.3 Å². The summed E-state index contributed by atoms with van der Waals surface area (Å²) in [5.41, 5.74) is 13.7. The minimum atomic E-state index is -4.40. The maximum Gasteiger partial charge on any atom is 0.416 e. The van der Waals surface area contributed by atoms with Crippen LogP contribution in [0.2, 0.25) is 0 Å². The van der Waals surface area contributed by atoms with Crippen LogP contribution in [0.15, 0.2) is 60.4 Å².